The fourth-order valence-electron chi connectivity index (χ4n) is 4.78. The van der Waals surface area contributed by atoms with Crippen LogP contribution in [0.25, 0.3) is 0 Å². The first-order valence-electron chi connectivity index (χ1n) is 7.66. The molecule has 0 amide bonds. The summed E-state index contributed by atoms with van der Waals surface area (Å²) < 4.78 is 0. The first-order chi connectivity index (χ1) is 7.66. The van der Waals surface area contributed by atoms with Crippen molar-refractivity contribution in [1.29, 1.82) is 0 Å². The van der Waals surface area contributed by atoms with E-state index in [0.717, 1.165) is 11.8 Å². The molecule has 2 aliphatic rings. The van der Waals surface area contributed by atoms with Crippen LogP contribution in [0.2, 0.25) is 0 Å². The van der Waals surface area contributed by atoms with Gasteiger partial charge in [-0.25, -0.2) is 0 Å². The second-order valence-corrected chi connectivity index (χ2v) is 8.76. The summed E-state index contributed by atoms with van der Waals surface area (Å²) >= 11 is 0. The van der Waals surface area contributed by atoms with Gasteiger partial charge in [-0.1, -0.05) is 48.0 Å². The van der Waals surface area contributed by atoms with E-state index in [2.05, 4.69) is 41.5 Å². The maximum atomic E-state index is 2.61. The van der Waals surface area contributed by atoms with E-state index in [1.54, 1.807) is 0 Å². The van der Waals surface area contributed by atoms with E-state index in [0.29, 0.717) is 16.2 Å². The largest absolute Gasteiger partial charge is 0.0625 e. The normalized spacial score (nSPS) is 44.8. The van der Waals surface area contributed by atoms with Gasteiger partial charge in [-0.05, 0) is 60.2 Å². The van der Waals surface area contributed by atoms with Gasteiger partial charge in [0.15, 0.2) is 0 Å². The predicted octanol–water partition coefficient (Wildman–Crippen LogP) is 5.67. The van der Waals surface area contributed by atoms with Crippen molar-refractivity contribution < 1.29 is 0 Å². The minimum absolute atomic E-state index is 0.528. The van der Waals surface area contributed by atoms with Gasteiger partial charge >= 0.3 is 0 Å². The maximum absolute atomic E-state index is 2.61. The molecule has 0 saturated heterocycles. The molecular weight excluding hydrogens is 204 g/mol. The first-order valence-corrected chi connectivity index (χ1v) is 7.66. The molecule has 0 aromatic heterocycles. The Labute approximate surface area is 109 Å². The summed E-state index contributed by atoms with van der Waals surface area (Å²) in [5.74, 6) is 1.92. The van der Waals surface area contributed by atoms with Crippen LogP contribution >= 0.6 is 0 Å². The SMILES string of the molecule is CC1CCC(C)(C)C2(C)CC(C)(C)CCC2C1. The number of hydrogen-bond donors (Lipinski definition) is 0. The van der Waals surface area contributed by atoms with E-state index in [9.17, 15) is 0 Å². The summed E-state index contributed by atoms with van der Waals surface area (Å²) in [6.45, 7) is 15.1. The fraction of sp³-hybridized carbons (Fsp3) is 1.00. The van der Waals surface area contributed by atoms with Gasteiger partial charge in [0.2, 0.25) is 0 Å². The summed E-state index contributed by atoms with van der Waals surface area (Å²) in [6.07, 6.45) is 8.70. The van der Waals surface area contributed by atoms with Crippen molar-refractivity contribution in [2.45, 2.75) is 80.1 Å². The van der Waals surface area contributed by atoms with Crippen molar-refractivity contribution in [1.82, 2.24) is 0 Å². The smallest absolute Gasteiger partial charge is 0.0241 e. The topological polar surface area (TPSA) is 0 Å². The molecule has 3 atom stereocenters. The molecule has 0 heterocycles. The van der Waals surface area contributed by atoms with Crippen LogP contribution in [-0.4, -0.2) is 0 Å². The predicted molar refractivity (Wildman–Crippen MR) is 76.0 cm³/mol. The molecule has 0 aromatic carbocycles. The van der Waals surface area contributed by atoms with Gasteiger partial charge in [-0.2, -0.15) is 0 Å². The van der Waals surface area contributed by atoms with Gasteiger partial charge in [0.05, 0.1) is 0 Å². The van der Waals surface area contributed by atoms with Crippen molar-refractivity contribution in [2.24, 2.45) is 28.1 Å². The minimum Gasteiger partial charge on any atom is -0.0625 e. The Balaban J connectivity index is 2.33. The summed E-state index contributed by atoms with van der Waals surface area (Å²) in [5.41, 5.74) is 1.66. The molecule has 3 unspecified atom stereocenters. The third-order valence-electron chi connectivity index (χ3n) is 6.41. The van der Waals surface area contributed by atoms with Crippen molar-refractivity contribution in [3.8, 4) is 0 Å². The molecule has 17 heavy (non-hydrogen) atoms. The minimum atomic E-state index is 0.528. The van der Waals surface area contributed by atoms with Crippen molar-refractivity contribution in [2.75, 3.05) is 0 Å². The molecule has 0 bridgehead atoms. The third kappa shape index (κ3) is 2.29. The lowest BCUT2D eigenvalue weighted by molar-refractivity contribution is -0.0593. The second-order valence-electron chi connectivity index (χ2n) is 8.76. The van der Waals surface area contributed by atoms with Gasteiger partial charge in [-0.3, -0.25) is 0 Å². The molecule has 2 rings (SSSR count). The van der Waals surface area contributed by atoms with Crippen molar-refractivity contribution in [3.63, 3.8) is 0 Å². The monoisotopic (exact) mass is 236 g/mol. The lowest BCUT2D eigenvalue weighted by Gasteiger charge is -2.56. The van der Waals surface area contributed by atoms with E-state index < -0.39 is 0 Å². The molecule has 2 saturated carbocycles. The van der Waals surface area contributed by atoms with Gasteiger partial charge in [-0.15, -0.1) is 0 Å². The highest BCUT2D eigenvalue weighted by Gasteiger charge is 2.52. The van der Waals surface area contributed by atoms with Gasteiger partial charge in [0.25, 0.3) is 0 Å². The molecule has 0 nitrogen and oxygen atoms in total. The zero-order valence-electron chi connectivity index (χ0n) is 12.9. The number of rotatable bonds is 0. The average Bonchev–Trinajstić information content (AvgIpc) is 2.25. The van der Waals surface area contributed by atoms with Crippen LogP contribution in [0.5, 0.6) is 0 Å². The summed E-state index contributed by atoms with van der Waals surface area (Å²) in [4.78, 5) is 0. The number of hydrogen-bond acceptors (Lipinski definition) is 0. The Morgan fingerprint density at radius 1 is 0.882 bits per heavy atom. The highest BCUT2D eigenvalue weighted by molar-refractivity contribution is 5.02. The Hall–Kier alpha value is 0. The summed E-state index contributed by atoms with van der Waals surface area (Å²) in [7, 11) is 0. The van der Waals surface area contributed by atoms with Crippen LogP contribution in [0.4, 0.5) is 0 Å². The maximum Gasteiger partial charge on any atom is -0.0241 e. The van der Waals surface area contributed by atoms with Crippen molar-refractivity contribution >= 4 is 0 Å². The first kappa shape index (κ1) is 13.4. The third-order valence-corrected chi connectivity index (χ3v) is 6.41. The van der Waals surface area contributed by atoms with Gasteiger partial charge in [0, 0.05) is 0 Å². The summed E-state index contributed by atoms with van der Waals surface area (Å²) in [5, 5.41) is 0. The average molecular weight is 236 g/mol. The van der Waals surface area contributed by atoms with E-state index in [4.69, 9.17) is 0 Å². The highest BCUT2D eigenvalue weighted by Crippen LogP contribution is 2.62. The quantitative estimate of drug-likeness (QED) is 0.508. The Bertz CT molecular complexity index is 286. The van der Waals surface area contributed by atoms with Crippen LogP contribution in [0, 0.1) is 28.1 Å². The highest BCUT2D eigenvalue weighted by atomic mass is 14.6. The molecule has 2 aliphatic carbocycles. The Morgan fingerprint density at radius 2 is 1.53 bits per heavy atom. The lowest BCUT2D eigenvalue weighted by atomic mass is 9.49. The van der Waals surface area contributed by atoms with E-state index in [1.165, 1.54) is 38.5 Å². The molecule has 0 heteroatoms. The molecule has 0 spiro atoms. The van der Waals surface area contributed by atoms with Gasteiger partial charge < -0.3 is 0 Å². The van der Waals surface area contributed by atoms with Crippen LogP contribution in [-0.2, 0) is 0 Å². The number of fused-ring (bicyclic) bond motifs is 1. The van der Waals surface area contributed by atoms with E-state index in [1.807, 2.05) is 0 Å². The van der Waals surface area contributed by atoms with Crippen LogP contribution in [0.1, 0.15) is 80.1 Å². The van der Waals surface area contributed by atoms with Gasteiger partial charge in [0.1, 0.15) is 0 Å². The lowest BCUT2D eigenvalue weighted by Crippen LogP contribution is -2.47. The molecule has 0 aliphatic heterocycles. The zero-order valence-corrected chi connectivity index (χ0v) is 12.9. The second kappa shape index (κ2) is 4.00. The van der Waals surface area contributed by atoms with Crippen molar-refractivity contribution in [3.05, 3.63) is 0 Å². The molecular formula is C17H32. The molecule has 0 aromatic rings. The van der Waals surface area contributed by atoms with Crippen LogP contribution < -0.4 is 0 Å². The van der Waals surface area contributed by atoms with E-state index in [-0.39, 0.29) is 0 Å². The Morgan fingerprint density at radius 3 is 2.18 bits per heavy atom. The standard InChI is InChI=1S/C17H32/c1-13-7-10-16(4,5)17(6)12-15(2,3)9-8-14(17)11-13/h13-14H,7-12H2,1-6H3. The molecule has 0 radical (unpaired) electrons. The van der Waals surface area contributed by atoms with Crippen LogP contribution in [0.15, 0.2) is 0 Å². The van der Waals surface area contributed by atoms with E-state index >= 15 is 0 Å². The molecule has 0 N–H and O–H groups in total. The molecule has 2 fully saturated rings. The Kier molecular flexibility index (Phi) is 3.16. The summed E-state index contributed by atoms with van der Waals surface area (Å²) in [6, 6.07) is 0. The molecule has 100 valence electrons. The zero-order chi connectivity index (χ0) is 12.9. The van der Waals surface area contributed by atoms with Crippen LogP contribution in [0.3, 0.4) is 0 Å². The fourth-order valence-corrected chi connectivity index (χ4v) is 4.78.